The first-order valence-corrected chi connectivity index (χ1v) is 8.40. The Morgan fingerprint density at radius 3 is 2.92 bits per heavy atom. The van der Waals surface area contributed by atoms with Crippen LogP contribution in [0.4, 0.5) is 17.1 Å². The maximum atomic E-state index is 12.0. The van der Waals surface area contributed by atoms with Gasteiger partial charge in [-0.05, 0) is 49.3 Å². The molecule has 0 fully saturated rings. The number of carbonyl (C=O) groups is 1. The summed E-state index contributed by atoms with van der Waals surface area (Å²) in [5.74, 6) is -0.276. The van der Waals surface area contributed by atoms with E-state index in [4.69, 9.17) is 0 Å². The van der Waals surface area contributed by atoms with Crippen molar-refractivity contribution in [2.24, 2.45) is 4.99 Å². The normalized spacial score (nSPS) is 16.7. The van der Waals surface area contributed by atoms with Crippen molar-refractivity contribution < 1.29 is 9.72 Å². The Hall–Kier alpha value is -3.35. The molecule has 7 nitrogen and oxygen atoms in total. The summed E-state index contributed by atoms with van der Waals surface area (Å²) in [6, 6.07) is 7.37. The number of likely N-dealkylation sites (N-methyl/N-ethyl adjacent to an activating group) is 1. The SMILES string of the molecule is CCN1CCc2cc(N=C3C=CC(=O)c4ncc([N+](=O)[O-])cc43)ccc21. The highest BCUT2D eigenvalue weighted by Gasteiger charge is 2.23. The van der Waals surface area contributed by atoms with Gasteiger partial charge in [0.25, 0.3) is 5.69 Å². The van der Waals surface area contributed by atoms with Crippen molar-refractivity contribution in [3.63, 3.8) is 0 Å². The Bertz CT molecular complexity index is 994. The second-order valence-corrected chi connectivity index (χ2v) is 6.18. The number of anilines is 1. The summed E-state index contributed by atoms with van der Waals surface area (Å²) in [5, 5.41) is 11.0. The van der Waals surface area contributed by atoms with Gasteiger partial charge < -0.3 is 4.90 Å². The van der Waals surface area contributed by atoms with Crippen molar-refractivity contribution in [1.29, 1.82) is 0 Å². The van der Waals surface area contributed by atoms with E-state index in [0.717, 1.165) is 31.4 Å². The number of rotatable bonds is 3. The van der Waals surface area contributed by atoms with Crippen LogP contribution in [-0.4, -0.2) is 34.5 Å². The number of carbonyl (C=O) groups excluding carboxylic acids is 1. The lowest BCUT2D eigenvalue weighted by Gasteiger charge is -2.16. The molecule has 2 aliphatic rings. The summed E-state index contributed by atoms with van der Waals surface area (Å²) in [6.07, 6.45) is 5.05. The lowest BCUT2D eigenvalue weighted by Crippen LogP contribution is -2.18. The van der Waals surface area contributed by atoms with Crippen LogP contribution in [0.1, 0.15) is 28.5 Å². The molecule has 0 N–H and O–H groups in total. The molecule has 0 radical (unpaired) electrons. The molecule has 1 aliphatic heterocycles. The monoisotopic (exact) mass is 348 g/mol. The smallest absolute Gasteiger partial charge is 0.288 e. The Kier molecular flexibility index (Phi) is 3.84. The summed E-state index contributed by atoms with van der Waals surface area (Å²) < 4.78 is 0. The van der Waals surface area contributed by atoms with E-state index in [9.17, 15) is 14.9 Å². The van der Waals surface area contributed by atoms with Gasteiger partial charge in [0.15, 0.2) is 0 Å². The Balaban J connectivity index is 1.77. The average Bonchev–Trinajstić information content (AvgIpc) is 3.06. The molecule has 1 aromatic carbocycles. The molecule has 26 heavy (non-hydrogen) atoms. The number of nitro groups is 1. The third kappa shape index (κ3) is 2.67. The molecule has 7 heteroatoms. The summed E-state index contributed by atoms with van der Waals surface area (Å²) in [5.41, 5.74) is 4.14. The second kappa shape index (κ2) is 6.18. The highest BCUT2D eigenvalue weighted by molar-refractivity contribution is 6.23. The largest absolute Gasteiger partial charge is 0.371 e. The maximum absolute atomic E-state index is 12.0. The third-order valence-electron chi connectivity index (χ3n) is 4.67. The predicted molar refractivity (Wildman–Crippen MR) is 98.6 cm³/mol. The van der Waals surface area contributed by atoms with E-state index < -0.39 is 4.92 Å². The number of aromatic nitrogens is 1. The average molecular weight is 348 g/mol. The number of hydrogen-bond acceptors (Lipinski definition) is 6. The van der Waals surface area contributed by atoms with Gasteiger partial charge in [0.1, 0.15) is 11.9 Å². The first kappa shape index (κ1) is 16.1. The van der Waals surface area contributed by atoms with E-state index in [-0.39, 0.29) is 17.2 Å². The van der Waals surface area contributed by atoms with Crippen LogP contribution in [0.25, 0.3) is 0 Å². The Labute approximate surface area is 149 Å². The van der Waals surface area contributed by atoms with Gasteiger partial charge in [0.2, 0.25) is 5.78 Å². The molecule has 0 amide bonds. The van der Waals surface area contributed by atoms with Crippen LogP contribution in [-0.2, 0) is 6.42 Å². The molecule has 0 spiro atoms. The molecular weight excluding hydrogens is 332 g/mol. The zero-order chi connectivity index (χ0) is 18.3. The van der Waals surface area contributed by atoms with Crippen molar-refractivity contribution in [3.8, 4) is 0 Å². The van der Waals surface area contributed by atoms with Gasteiger partial charge in [-0.25, -0.2) is 9.98 Å². The summed E-state index contributed by atoms with van der Waals surface area (Å²) >= 11 is 0. The predicted octanol–water partition coefficient (Wildman–Crippen LogP) is 3.25. The molecule has 0 saturated carbocycles. The van der Waals surface area contributed by atoms with Gasteiger partial charge in [0.05, 0.1) is 16.3 Å². The fourth-order valence-corrected chi connectivity index (χ4v) is 3.36. The molecule has 0 unspecified atom stereocenters. The van der Waals surface area contributed by atoms with Crippen molar-refractivity contribution >= 4 is 28.6 Å². The first-order chi connectivity index (χ1) is 12.6. The molecule has 1 aliphatic carbocycles. The minimum absolute atomic E-state index is 0.160. The van der Waals surface area contributed by atoms with Crippen molar-refractivity contribution in [2.75, 3.05) is 18.0 Å². The second-order valence-electron chi connectivity index (χ2n) is 6.18. The highest BCUT2D eigenvalue weighted by Crippen LogP contribution is 2.32. The van der Waals surface area contributed by atoms with E-state index in [1.54, 1.807) is 6.08 Å². The van der Waals surface area contributed by atoms with Crippen molar-refractivity contribution in [2.45, 2.75) is 13.3 Å². The Morgan fingerprint density at radius 1 is 1.31 bits per heavy atom. The number of fused-ring (bicyclic) bond motifs is 2. The molecule has 1 aromatic heterocycles. The van der Waals surface area contributed by atoms with Crippen LogP contribution in [0.2, 0.25) is 0 Å². The molecule has 0 bridgehead atoms. The first-order valence-electron chi connectivity index (χ1n) is 8.40. The van der Waals surface area contributed by atoms with Crippen LogP contribution in [0.3, 0.4) is 0 Å². The van der Waals surface area contributed by atoms with E-state index in [1.807, 2.05) is 12.1 Å². The molecule has 4 rings (SSSR count). The topological polar surface area (TPSA) is 88.7 Å². The summed E-state index contributed by atoms with van der Waals surface area (Å²) in [6.45, 7) is 4.09. The maximum Gasteiger partial charge on any atom is 0.288 e. The van der Waals surface area contributed by atoms with Gasteiger partial charge in [-0.3, -0.25) is 14.9 Å². The Morgan fingerprint density at radius 2 is 2.15 bits per heavy atom. The fourth-order valence-electron chi connectivity index (χ4n) is 3.36. The van der Waals surface area contributed by atoms with Gasteiger partial charge in [-0.1, -0.05) is 0 Å². The van der Waals surface area contributed by atoms with E-state index >= 15 is 0 Å². The van der Waals surface area contributed by atoms with Crippen molar-refractivity contribution in [1.82, 2.24) is 4.98 Å². The number of hydrogen-bond donors (Lipinski definition) is 0. The minimum atomic E-state index is -0.525. The molecule has 2 aromatic rings. The van der Waals surface area contributed by atoms with Gasteiger partial charge in [-0.2, -0.15) is 0 Å². The lowest BCUT2D eigenvalue weighted by molar-refractivity contribution is -0.385. The number of nitrogens with zero attached hydrogens (tertiary/aromatic N) is 4. The number of benzene rings is 1. The van der Waals surface area contributed by atoms with Crippen LogP contribution < -0.4 is 4.90 Å². The van der Waals surface area contributed by atoms with Crippen molar-refractivity contribution in [3.05, 3.63) is 69.5 Å². The van der Waals surface area contributed by atoms with E-state index in [0.29, 0.717) is 11.3 Å². The van der Waals surface area contributed by atoms with Crippen LogP contribution in [0.5, 0.6) is 0 Å². The molecule has 130 valence electrons. The number of allylic oxidation sites excluding steroid dienone is 2. The number of pyridine rings is 1. The molecular formula is C19H16N4O3. The summed E-state index contributed by atoms with van der Waals surface area (Å²) in [4.78, 5) is 33.4. The number of aliphatic imine (C=N–C) groups is 1. The standard InChI is InChI=1S/C19H16N4O3/c1-2-22-8-7-12-9-13(3-5-17(12)22)21-16-4-6-18(24)19-15(16)10-14(11-20-19)23(25)26/h3-6,9-11H,2,7-8H2,1H3. The molecule has 0 atom stereocenters. The van der Waals surface area contributed by atoms with E-state index in [2.05, 4.69) is 27.9 Å². The van der Waals surface area contributed by atoms with E-state index in [1.165, 1.54) is 23.4 Å². The third-order valence-corrected chi connectivity index (χ3v) is 4.67. The fraction of sp³-hybridized carbons (Fsp3) is 0.211. The highest BCUT2D eigenvalue weighted by atomic mass is 16.6. The van der Waals surface area contributed by atoms with Gasteiger partial charge in [0, 0.05) is 30.4 Å². The zero-order valence-corrected chi connectivity index (χ0v) is 14.2. The quantitative estimate of drug-likeness (QED) is 0.627. The van der Waals surface area contributed by atoms with Gasteiger partial charge >= 0.3 is 0 Å². The van der Waals surface area contributed by atoms with Gasteiger partial charge in [-0.15, -0.1) is 0 Å². The van der Waals surface area contributed by atoms with Crippen LogP contribution >= 0.6 is 0 Å². The molecule has 0 saturated heterocycles. The van der Waals surface area contributed by atoms with Crippen LogP contribution in [0.15, 0.2) is 47.6 Å². The molecule has 2 heterocycles. The number of ketones is 1. The summed E-state index contributed by atoms with van der Waals surface area (Å²) in [7, 11) is 0. The van der Waals surface area contributed by atoms with Crippen LogP contribution in [0, 0.1) is 10.1 Å². The zero-order valence-electron chi connectivity index (χ0n) is 14.2. The lowest BCUT2D eigenvalue weighted by atomic mass is 9.98. The minimum Gasteiger partial charge on any atom is -0.371 e.